The maximum absolute atomic E-state index is 13.2. The van der Waals surface area contributed by atoms with Gasteiger partial charge in [0.15, 0.2) is 0 Å². The molecule has 1 aliphatic heterocycles. The van der Waals surface area contributed by atoms with Crippen LogP contribution >= 0.6 is 11.6 Å². The van der Waals surface area contributed by atoms with Gasteiger partial charge >= 0.3 is 6.18 Å². The highest BCUT2D eigenvalue weighted by Gasteiger charge is 2.39. The lowest BCUT2D eigenvalue weighted by atomic mass is 9.83. The zero-order valence-corrected chi connectivity index (χ0v) is 20.5. The van der Waals surface area contributed by atoms with Gasteiger partial charge in [-0.25, -0.2) is 8.42 Å². The van der Waals surface area contributed by atoms with Crippen molar-refractivity contribution in [1.29, 1.82) is 0 Å². The fraction of sp³-hybridized carbons (Fsp3) is 0.435. The highest BCUT2D eigenvalue weighted by Crippen LogP contribution is 2.42. The summed E-state index contributed by atoms with van der Waals surface area (Å²) in [5.41, 5.74) is -1.25. The molecule has 0 spiro atoms. The standard InChI is InChI=1S/C23H26ClF3N2O4S/c1-4-22(5-2)13-18(16-8-6-7-9-20(16)33-22)28-21(30)14-29(34(3,31)32)19-12-15(23(25,26)27)10-11-17(19)24/h6-12,18H,4-5,13-14H2,1-3H3,(H,28,30). The minimum Gasteiger partial charge on any atom is -0.487 e. The van der Waals surface area contributed by atoms with E-state index in [1.54, 1.807) is 12.1 Å². The molecule has 2 aromatic carbocycles. The third-order valence-corrected chi connectivity index (χ3v) is 7.50. The van der Waals surface area contributed by atoms with Gasteiger partial charge in [-0.1, -0.05) is 43.6 Å². The monoisotopic (exact) mass is 518 g/mol. The maximum atomic E-state index is 13.2. The van der Waals surface area contributed by atoms with E-state index in [1.807, 2.05) is 26.0 Å². The van der Waals surface area contributed by atoms with E-state index in [4.69, 9.17) is 16.3 Å². The molecule has 3 rings (SSSR count). The van der Waals surface area contributed by atoms with Crippen LogP contribution in [0, 0.1) is 0 Å². The molecule has 1 unspecified atom stereocenters. The van der Waals surface area contributed by atoms with Gasteiger partial charge in [0.25, 0.3) is 0 Å². The van der Waals surface area contributed by atoms with Crippen LogP contribution in [-0.2, 0) is 21.0 Å². The van der Waals surface area contributed by atoms with Crippen LogP contribution in [0.5, 0.6) is 5.75 Å². The number of para-hydroxylation sites is 1. The number of amides is 1. The van der Waals surface area contributed by atoms with E-state index < -0.39 is 51.5 Å². The number of halogens is 4. The van der Waals surface area contributed by atoms with E-state index in [9.17, 15) is 26.4 Å². The summed E-state index contributed by atoms with van der Waals surface area (Å²) >= 11 is 6.04. The van der Waals surface area contributed by atoms with E-state index in [1.165, 1.54) is 0 Å². The summed E-state index contributed by atoms with van der Waals surface area (Å²) in [6.07, 6.45) is -2.05. The minimum atomic E-state index is -4.71. The molecule has 11 heteroatoms. The Labute approximate surface area is 202 Å². The number of fused-ring (bicyclic) bond motifs is 1. The summed E-state index contributed by atoms with van der Waals surface area (Å²) in [4.78, 5) is 13.0. The maximum Gasteiger partial charge on any atom is 0.416 e. The Morgan fingerprint density at radius 2 is 1.85 bits per heavy atom. The first-order valence-corrected chi connectivity index (χ1v) is 12.9. The van der Waals surface area contributed by atoms with E-state index in [2.05, 4.69) is 5.32 Å². The number of ether oxygens (including phenoxy) is 1. The number of benzene rings is 2. The summed E-state index contributed by atoms with van der Waals surface area (Å²) in [5.74, 6) is -0.0506. The number of rotatable bonds is 7. The molecule has 0 saturated heterocycles. The number of nitrogens with one attached hydrogen (secondary N) is 1. The number of hydrogen-bond donors (Lipinski definition) is 1. The van der Waals surface area contributed by atoms with Crippen LogP contribution in [0.15, 0.2) is 42.5 Å². The average molecular weight is 519 g/mol. The Morgan fingerprint density at radius 1 is 1.21 bits per heavy atom. The Kier molecular flexibility index (Phi) is 7.43. The molecule has 1 heterocycles. The topological polar surface area (TPSA) is 75.7 Å². The van der Waals surface area contributed by atoms with Gasteiger partial charge in [-0.2, -0.15) is 13.2 Å². The Morgan fingerprint density at radius 3 is 2.44 bits per heavy atom. The highest BCUT2D eigenvalue weighted by atomic mass is 35.5. The van der Waals surface area contributed by atoms with Gasteiger partial charge in [0.1, 0.15) is 17.9 Å². The SMILES string of the molecule is CCC1(CC)CC(NC(=O)CN(c2cc(C(F)(F)F)ccc2Cl)S(C)(=O)=O)c2ccccc2O1. The van der Waals surface area contributed by atoms with Gasteiger partial charge in [-0.15, -0.1) is 0 Å². The lowest BCUT2D eigenvalue weighted by Crippen LogP contribution is -2.47. The Bertz CT molecular complexity index is 1170. The van der Waals surface area contributed by atoms with Crippen LogP contribution in [0.25, 0.3) is 0 Å². The van der Waals surface area contributed by atoms with Crippen molar-refractivity contribution in [1.82, 2.24) is 5.32 Å². The summed E-state index contributed by atoms with van der Waals surface area (Å²) in [6.45, 7) is 3.24. The van der Waals surface area contributed by atoms with E-state index in [-0.39, 0.29) is 5.02 Å². The van der Waals surface area contributed by atoms with Crippen molar-refractivity contribution >= 4 is 33.2 Å². The molecule has 0 fully saturated rings. The number of sulfonamides is 1. The highest BCUT2D eigenvalue weighted by molar-refractivity contribution is 7.92. The fourth-order valence-corrected chi connectivity index (χ4v) is 5.19. The second-order valence-corrected chi connectivity index (χ2v) is 10.6. The first-order valence-electron chi connectivity index (χ1n) is 10.7. The molecule has 34 heavy (non-hydrogen) atoms. The third-order valence-electron chi connectivity index (χ3n) is 6.05. The van der Waals surface area contributed by atoms with Gasteiger partial charge in [-0.3, -0.25) is 9.10 Å². The van der Waals surface area contributed by atoms with Crippen molar-refractivity contribution in [2.45, 2.75) is 50.9 Å². The van der Waals surface area contributed by atoms with Crippen molar-refractivity contribution in [3.8, 4) is 5.75 Å². The largest absolute Gasteiger partial charge is 0.487 e. The second kappa shape index (κ2) is 9.65. The van der Waals surface area contributed by atoms with Crippen molar-refractivity contribution in [2.75, 3.05) is 17.1 Å². The summed E-state index contributed by atoms with van der Waals surface area (Å²) in [6, 6.07) is 9.11. The normalized spacial score (nSPS) is 17.4. The van der Waals surface area contributed by atoms with E-state index in [0.717, 1.165) is 24.0 Å². The van der Waals surface area contributed by atoms with Crippen LogP contribution in [0.3, 0.4) is 0 Å². The molecule has 186 valence electrons. The quantitative estimate of drug-likeness (QED) is 0.538. The van der Waals surface area contributed by atoms with Gasteiger partial charge in [0.2, 0.25) is 15.9 Å². The molecule has 1 atom stereocenters. The van der Waals surface area contributed by atoms with Crippen molar-refractivity contribution in [3.05, 3.63) is 58.6 Å². The Hall–Kier alpha value is -2.46. The molecule has 0 saturated carbocycles. The number of hydrogen-bond acceptors (Lipinski definition) is 4. The number of carbonyl (C=O) groups excluding carboxylic acids is 1. The molecule has 2 aromatic rings. The average Bonchev–Trinajstić information content (AvgIpc) is 2.76. The fourth-order valence-electron chi connectivity index (χ4n) is 4.06. The lowest BCUT2D eigenvalue weighted by molar-refractivity contribution is -0.137. The molecule has 0 aromatic heterocycles. The number of carbonyl (C=O) groups is 1. The second-order valence-electron chi connectivity index (χ2n) is 8.29. The van der Waals surface area contributed by atoms with Crippen molar-refractivity contribution < 1.29 is 31.1 Å². The molecule has 6 nitrogen and oxygen atoms in total. The zero-order chi connectivity index (χ0) is 25.3. The molecule has 0 radical (unpaired) electrons. The molecular formula is C23H26ClF3N2O4S. The Balaban J connectivity index is 1.91. The summed E-state index contributed by atoms with van der Waals surface area (Å²) in [7, 11) is -4.14. The van der Waals surface area contributed by atoms with E-state index in [0.29, 0.717) is 35.4 Å². The first-order chi connectivity index (χ1) is 15.8. The van der Waals surface area contributed by atoms with Crippen molar-refractivity contribution in [3.63, 3.8) is 0 Å². The molecular weight excluding hydrogens is 493 g/mol. The smallest absolute Gasteiger partial charge is 0.416 e. The van der Waals surface area contributed by atoms with Crippen LogP contribution < -0.4 is 14.4 Å². The molecule has 1 N–H and O–H groups in total. The van der Waals surface area contributed by atoms with Gasteiger partial charge in [0.05, 0.1) is 28.6 Å². The molecule has 1 amide bonds. The van der Waals surface area contributed by atoms with E-state index >= 15 is 0 Å². The third kappa shape index (κ3) is 5.60. The van der Waals surface area contributed by atoms with Gasteiger partial charge in [0, 0.05) is 12.0 Å². The van der Waals surface area contributed by atoms with Crippen LogP contribution in [0.1, 0.15) is 50.3 Å². The van der Waals surface area contributed by atoms with Crippen LogP contribution in [0.4, 0.5) is 18.9 Å². The number of anilines is 1. The van der Waals surface area contributed by atoms with Gasteiger partial charge < -0.3 is 10.1 Å². The predicted octanol–water partition coefficient (Wildman–Crippen LogP) is 5.32. The molecule has 0 aliphatic carbocycles. The van der Waals surface area contributed by atoms with Gasteiger partial charge in [-0.05, 0) is 37.1 Å². The predicted molar refractivity (Wildman–Crippen MR) is 125 cm³/mol. The molecule has 0 bridgehead atoms. The number of alkyl halides is 3. The first kappa shape index (κ1) is 26.2. The lowest BCUT2D eigenvalue weighted by Gasteiger charge is -2.41. The summed E-state index contributed by atoms with van der Waals surface area (Å²) in [5, 5.41) is 2.62. The van der Waals surface area contributed by atoms with Crippen molar-refractivity contribution in [2.24, 2.45) is 0 Å². The molecule has 1 aliphatic rings. The van der Waals surface area contributed by atoms with Crippen LogP contribution in [0.2, 0.25) is 5.02 Å². The van der Waals surface area contributed by atoms with Crippen LogP contribution in [-0.4, -0.2) is 32.7 Å². The zero-order valence-electron chi connectivity index (χ0n) is 18.9. The number of nitrogens with zero attached hydrogens (tertiary/aromatic N) is 1. The summed E-state index contributed by atoms with van der Waals surface area (Å²) < 4.78 is 71.3. The minimum absolute atomic E-state index is 0.224.